The number of carbonyl (C=O) groups is 1. The molecule has 0 atom stereocenters. The van der Waals surface area contributed by atoms with E-state index in [0.29, 0.717) is 22.5 Å². The molecule has 0 aliphatic rings. The molecule has 0 aliphatic carbocycles. The molecule has 0 radical (unpaired) electrons. The van der Waals surface area contributed by atoms with Crippen LogP contribution in [0.1, 0.15) is 36.2 Å². The number of rotatable bonds is 5. The number of carbonyl (C=O) groups excluding carboxylic acids is 1. The number of aromatic nitrogens is 3. The van der Waals surface area contributed by atoms with Crippen molar-refractivity contribution in [1.29, 1.82) is 0 Å². The Morgan fingerprint density at radius 2 is 1.88 bits per heavy atom. The number of hydrogen-bond acceptors (Lipinski definition) is 3. The molecule has 0 aliphatic heterocycles. The van der Waals surface area contributed by atoms with E-state index in [4.69, 9.17) is 0 Å². The van der Waals surface area contributed by atoms with Crippen molar-refractivity contribution in [2.75, 3.05) is 0 Å². The summed E-state index contributed by atoms with van der Waals surface area (Å²) in [6.45, 7) is 5.02. The Labute approximate surface area is 140 Å². The Morgan fingerprint density at radius 3 is 2.54 bits per heavy atom. The molecule has 3 aromatic rings. The van der Waals surface area contributed by atoms with Gasteiger partial charge in [-0.25, -0.2) is 0 Å². The van der Waals surface area contributed by atoms with Crippen molar-refractivity contribution in [2.45, 2.75) is 26.8 Å². The van der Waals surface area contributed by atoms with E-state index in [9.17, 15) is 9.59 Å². The molecule has 24 heavy (non-hydrogen) atoms. The minimum atomic E-state index is -0.257. The maximum absolute atomic E-state index is 12.8. The van der Waals surface area contributed by atoms with Crippen LogP contribution in [-0.4, -0.2) is 20.1 Å². The highest BCUT2D eigenvalue weighted by molar-refractivity contribution is 6.09. The lowest BCUT2D eigenvalue weighted by molar-refractivity contribution is 0.103. The molecule has 0 unspecified atom stereocenters. The molecule has 2 aromatic heterocycles. The second-order valence-corrected chi connectivity index (χ2v) is 6.48. The molecule has 1 aromatic carbocycles. The molecule has 5 nitrogen and oxygen atoms in total. The molecule has 0 bridgehead atoms. The van der Waals surface area contributed by atoms with Crippen molar-refractivity contribution in [3.8, 4) is 0 Å². The normalized spacial score (nSPS) is 11.3. The number of nitrogens with zero attached hydrogens (tertiary/aromatic N) is 3. The average molecular weight is 323 g/mol. The maximum atomic E-state index is 12.8. The Morgan fingerprint density at radius 1 is 1.17 bits per heavy atom. The van der Waals surface area contributed by atoms with Gasteiger partial charge in [0.05, 0.1) is 10.9 Å². The predicted octanol–water partition coefficient (Wildman–Crippen LogP) is 3.01. The highest BCUT2D eigenvalue weighted by atomic mass is 16.1. The molecular weight excluding hydrogens is 302 g/mol. The summed E-state index contributed by atoms with van der Waals surface area (Å²) in [4.78, 5) is 25.5. The zero-order valence-electron chi connectivity index (χ0n) is 14.2. The van der Waals surface area contributed by atoms with E-state index in [2.05, 4.69) is 18.9 Å². The number of aryl methyl sites for hydroxylation is 2. The van der Waals surface area contributed by atoms with Crippen LogP contribution in [0, 0.1) is 5.92 Å². The van der Waals surface area contributed by atoms with Gasteiger partial charge in [0.25, 0.3) is 0 Å². The van der Waals surface area contributed by atoms with Gasteiger partial charge in [-0.15, -0.1) is 0 Å². The van der Waals surface area contributed by atoms with Gasteiger partial charge >= 0.3 is 0 Å². The van der Waals surface area contributed by atoms with Crippen molar-refractivity contribution >= 4 is 16.8 Å². The number of fused-ring (bicyclic) bond motifs is 1. The summed E-state index contributed by atoms with van der Waals surface area (Å²) < 4.78 is 3.54. The van der Waals surface area contributed by atoms with Crippen LogP contribution in [0.3, 0.4) is 0 Å². The summed E-state index contributed by atoms with van der Waals surface area (Å²) in [5.74, 6) is 0.279. The first-order chi connectivity index (χ1) is 11.5. The topological polar surface area (TPSA) is 56.9 Å². The van der Waals surface area contributed by atoms with Gasteiger partial charge in [-0.1, -0.05) is 44.2 Å². The van der Waals surface area contributed by atoms with Crippen molar-refractivity contribution in [1.82, 2.24) is 14.3 Å². The van der Waals surface area contributed by atoms with E-state index < -0.39 is 0 Å². The second-order valence-electron chi connectivity index (χ2n) is 6.48. The molecule has 2 heterocycles. The van der Waals surface area contributed by atoms with Gasteiger partial charge in [0, 0.05) is 31.5 Å². The average Bonchev–Trinajstić information content (AvgIpc) is 2.96. The van der Waals surface area contributed by atoms with E-state index in [0.717, 1.165) is 13.0 Å². The lowest BCUT2D eigenvalue weighted by Gasteiger charge is -2.11. The molecule has 124 valence electrons. The second kappa shape index (κ2) is 6.43. The fourth-order valence-corrected chi connectivity index (χ4v) is 2.74. The molecule has 0 saturated heterocycles. The van der Waals surface area contributed by atoms with Crippen LogP contribution < -0.4 is 5.43 Å². The highest BCUT2D eigenvalue weighted by Crippen LogP contribution is 2.15. The van der Waals surface area contributed by atoms with Crippen LogP contribution in [-0.2, 0) is 13.6 Å². The quantitative estimate of drug-likeness (QED) is 0.678. The van der Waals surface area contributed by atoms with Gasteiger partial charge in [0.15, 0.2) is 11.4 Å². The first-order valence-electron chi connectivity index (χ1n) is 8.14. The van der Waals surface area contributed by atoms with Gasteiger partial charge in [-0.05, 0) is 12.3 Å². The monoisotopic (exact) mass is 323 g/mol. The zero-order chi connectivity index (χ0) is 17.3. The lowest BCUT2D eigenvalue weighted by atomic mass is 10.0. The fraction of sp³-hybridized carbons (Fsp3) is 0.316. The van der Waals surface area contributed by atoms with Crippen molar-refractivity contribution in [3.05, 3.63) is 64.1 Å². The Bertz CT molecular complexity index is 936. The first-order valence-corrected chi connectivity index (χ1v) is 8.14. The van der Waals surface area contributed by atoms with E-state index in [1.54, 1.807) is 48.4 Å². The molecule has 0 saturated carbocycles. The molecular formula is C19H21N3O2. The van der Waals surface area contributed by atoms with Gasteiger partial charge in [-0.2, -0.15) is 5.10 Å². The SMILES string of the molecule is CC(C)CCn1cc(C(=O)c2ccccc2)c(=O)c2cn(C)nc21. The van der Waals surface area contributed by atoms with E-state index in [-0.39, 0.29) is 16.8 Å². The summed E-state index contributed by atoms with van der Waals surface area (Å²) in [7, 11) is 1.78. The highest BCUT2D eigenvalue weighted by Gasteiger charge is 2.18. The maximum Gasteiger partial charge on any atom is 0.203 e. The van der Waals surface area contributed by atoms with E-state index in [1.807, 2.05) is 10.6 Å². The van der Waals surface area contributed by atoms with Crippen molar-refractivity contribution in [2.24, 2.45) is 13.0 Å². The number of ketones is 1. The third-order valence-electron chi connectivity index (χ3n) is 4.08. The fourth-order valence-electron chi connectivity index (χ4n) is 2.74. The third kappa shape index (κ3) is 3.02. The van der Waals surface area contributed by atoms with E-state index in [1.165, 1.54) is 0 Å². The first kappa shape index (κ1) is 16.2. The molecule has 3 rings (SSSR count). The van der Waals surface area contributed by atoms with Gasteiger partial charge in [0.1, 0.15) is 0 Å². The minimum Gasteiger partial charge on any atom is -0.330 e. The van der Waals surface area contributed by atoms with E-state index >= 15 is 0 Å². The minimum absolute atomic E-state index is 0.199. The van der Waals surface area contributed by atoms with Crippen molar-refractivity contribution < 1.29 is 4.79 Å². The number of benzene rings is 1. The van der Waals surface area contributed by atoms with Gasteiger partial charge in [-0.3, -0.25) is 14.3 Å². The smallest absolute Gasteiger partial charge is 0.203 e. The molecule has 0 spiro atoms. The van der Waals surface area contributed by atoms with Gasteiger partial charge in [0.2, 0.25) is 5.43 Å². The third-order valence-corrected chi connectivity index (χ3v) is 4.08. The Hall–Kier alpha value is -2.69. The standard InChI is InChI=1S/C19H21N3O2/c1-13(2)9-10-22-12-15(17(23)14-7-5-4-6-8-14)18(24)16-11-21(3)20-19(16)22/h4-8,11-13H,9-10H2,1-3H3. The summed E-state index contributed by atoms with van der Waals surface area (Å²) in [5.41, 5.74) is 1.10. The Kier molecular flexibility index (Phi) is 4.34. The lowest BCUT2D eigenvalue weighted by Crippen LogP contribution is -2.19. The molecule has 0 N–H and O–H groups in total. The number of pyridine rings is 1. The predicted molar refractivity (Wildman–Crippen MR) is 94.3 cm³/mol. The van der Waals surface area contributed by atoms with Gasteiger partial charge < -0.3 is 4.57 Å². The van der Waals surface area contributed by atoms with Crippen molar-refractivity contribution in [3.63, 3.8) is 0 Å². The molecule has 0 amide bonds. The molecule has 5 heteroatoms. The molecule has 0 fully saturated rings. The largest absolute Gasteiger partial charge is 0.330 e. The Balaban J connectivity index is 2.16. The van der Waals surface area contributed by atoms with Crippen LogP contribution in [0.5, 0.6) is 0 Å². The zero-order valence-corrected chi connectivity index (χ0v) is 14.2. The number of hydrogen-bond donors (Lipinski definition) is 0. The van der Waals surface area contributed by atoms with Crippen LogP contribution in [0.2, 0.25) is 0 Å². The summed E-state index contributed by atoms with van der Waals surface area (Å²) in [5, 5.41) is 4.88. The summed E-state index contributed by atoms with van der Waals surface area (Å²) in [6, 6.07) is 8.91. The van der Waals surface area contributed by atoms with Crippen LogP contribution in [0.4, 0.5) is 0 Å². The summed E-state index contributed by atoms with van der Waals surface area (Å²) >= 11 is 0. The van der Waals surface area contributed by atoms with Crippen LogP contribution in [0.25, 0.3) is 11.0 Å². The summed E-state index contributed by atoms with van der Waals surface area (Å²) in [6.07, 6.45) is 4.30. The van der Waals surface area contributed by atoms with Crippen LogP contribution >= 0.6 is 0 Å². The van der Waals surface area contributed by atoms with Crippen LogP contribution in [0.15, 0.2) is 47.5 Å².